The minimum Gasteiger partial charge on any atom is -0.389 e. The van der Waals surface area contributed by atoms with Crippen molar-refractivity contribution in [3.8, 4) is 0 Å². The number of thiocarbonyl (C=S) groups is 1. The van der Waals surface area contributed by atoms with Gasteiger partial charge in [0.15, 0.2) is 0 Å². The van der Waals surface area contributed by atoms with Crippen molar-refractivity contribution in [3.05, 3.63) is 23.9 Å². The summed E-state index contributed by atoms with van der Waals surface area (Å²) in [6, 6.07) is 4.16. The van der Waals surface area contributed by atoms with E-state index in [4.69, 9.17) is 18.0 Å². The van der Waals surface area contributed by atoms with Crippen molar-refractivity contribution in [2.45, 2.75) is 26.8 Å². The molecule has 1 aromatic heterocycles. The fourth-order valence-electron chi connectivity index (χ4n) is 1.79. The maximum Gasteiger partial charge on any atom is 0.126 e. The normalized spacial score (nSPS) is 12.4. The Hall–Kier alpha value is -1.20. The van der Waals surface area contributed by atoms with Crippen LogP contribution in [0.5, 0.6) is 0 Å². The molecule has 4 nitrogen and oxygen atoms in total. The van der Waals surface area contributed by atoms with Gasteiger partial charge < -0.3 is 16.0 Å². The average Bonchev–Trinajstić information content (AvgIpc) is 2.36. The Morgan fingerprint density at radius 2 is 2.11 bits per heavy atom. The minimum atomic E-state index is 0.355. The van der Waals surface area contributed by atoms with E-state index in [0.717, 1.165) is 31.0 Å². The number of nitrogens with one attached hydrogen (secondary N) is 1. The summed E-state index contributed by atoms with van der Waals surface area (Å²) in [6.45, 7) is 9.64. The van der Waals surface area contributed by atoms with Gasteiger partial charge in [0.2, 0.25) is 0 Å². The molecule has 1 heterocycles. The zero-order chi connectivity index (χ0) is 13.5. The van der Waals surface area contributed by atoms with Gasteiger partial charge in [0.25, 0.3) is 0 Å². The highest BCUT2D eigenvalue weighted by Gasteiger charge is 2.07. The van der Waals surface area contributed by atoms with Gasteiger partial charge >= 0.3 is 0 Å². The molecule has 1 rings (SSSR count). The molecular formula is C13H22N4S. The van der Waals surface area contributed by atoms with Crippen LogP contribution in [-0.4, -0.2) is 40.5 Å². The van der Waals surface area contributed by atoms with Crippen molar-refractivity contribution in [3.63, 3.8) is 0 Å². The number of rotatable bonds is 7. The summed E-state index contributed by atoms with van der Waals surface area (Å²) >= 11 is 4.89. The first kappa shape index (κ1) is 14.9. The molecule has 0 saturated carbocycles. The quantitative estimate of drug-likeness (QED) is 0.738. The van der Waals surface area contributed by atoms with Crippen molar-refractivity contribution < 1.29 is 0 Å². The first-order chi connectivity index (χ1) is 8.56. The van der Waals surface area contributed by atoms with Crippen LogP contribution >= 0.6 is 12.2 Å². The number of nitrogens with zero attached hydrogens (tertiary/aromatic N) is 2. The third kappa shape index (κ3) is 4.58. The summed E-state index contributed by atoms with van der Waals surface area (Å²) in [5, 5.41) is 3.37. The molecule has 0 aliphatic carbocycles. The Balaban J connectivity index is 2.53. The maximum atomic E-state index is 5.53. The van der Waals surface area contributed by atoms with Crippen molar-refractivity contribution in [1.29, 1.82) is 0 Å². The van der Waals surface area contributed by atoms with Crippen LogP contribution in [0.2, 0.25) is 0 Å². The number of likely N-dealkylation sites (N-methyl/N-ethyl adjacent to an activating group) is 1. The molecule has 0 aromatic carbocycles. The van der Waals surface area contributed by atoms with Crippen LogP contribution in [0, 0.1) is 0 Å². The number of anilines is 1. The Bertz CT molecular complexity index is 373. The van der Waals surface area contributed by atoms with E-state index in [9.17, 15) is 0 Å². The van der Waals surface area contributed by atoms with Crippen molar-refractivity contribution in [2.24, 2.45) is 5.73 Å². The van der Waals surface area contributed by atoms with Gasteiger partial charge in [-0.05, 0) is 32.1 Å². The molecule has 100 valence electrons. The Morgan fingerprint density at radius 1 is 1.44 bits per heavy atom. The first-order valence-corrected chi connectivity index (χ1v) is 6.72. The lowest BCUT2D eigenvalue weighted by Crippen LogP contribution is -2.34. The molecule has 0 radical (unpaired) electrons. The van der Waals surface area contributed by atoms with E-state index < -0.39 is 0 Å². The molecule has 0 bridgehead atoms. The molecule has 0 fully saturated rings. The van der Waals surface area contributed by atoms with E-state index in [2.05, 4.69) is 36.0 Å². The lowest BCUT2D eigenvalue weighted by atomic mass is 10.2. The second-order valence-electron chi connectivity index (χ2n) is 4.33. The smallest absolute Gasteiger partial charge is 0.126 e. The minimum absolute atomic E-state index is 0.355. The molecule has 0 amide bonds. The van der Waals surface area contributed by atoms with Gasteiger partial charge in [-0.2, -0.15) is 0 Å². The van der Waals surface area contributed by atoms with Crippen LogP contribution in [0.3, 0.4) is 0 Å². The van der Waals surface area contributed by atoms with Crippen LogP contribution in [0.25, 0.3) is 0 Å². The third-order valence-electron chi connectivity index (χ3n) is 2.87. The maximum absolute atomic E-state index is 5.53. The number of pyridine rings is 1. The van der Waals surface area contributed by atoms with Crippen molar-refractivity contribution >= 4 is 23.0 Å². The Morgan fingerprint density at radius 3 is 2.56 bits per heavy atom. The number of hydrogen-bond acceptors (Lipinski definition) is 4. The molecule has 0 aliphatic heterocycles. The molecular weight excluding hydrogens is 244 g/mol. The summed E-state index contributed by atoms with van der Waals surface area (Å²) in [4.78, 5) is 7.06. The van der Waals surface area contributed by atoms with Crippen molar-refractivity contribution in [2.75, 3.05) is 25.0 Å². The van der Waals surface area contributed by atoms with Crippen LogP contribution in [-0.2, 0) is 0 Å². The van der Waals surface area contributed by atoms with Gasteiger partial charge in [-0.25, -0.2) is 4.98 Å². The fraction of sp³-hybridized carbons (Fsp3) is 0.538. The van der Waals surface area contributed by atoms with E-state index in [-0.39, 0.29) is 0 Å². The largest absolute Gasteiger partial charge is 0.389 e. The van der Waals surface area contributed by atoms with E-state index >= 15 is 0 Å². The molecule has 1 unspecified atom stereocenters. The molecule has 0 aliphatic rings. The van der Waals surface area contributed by atoms with Crippen LogP contribution in [0.15, 0.2) is 18.3 Å². The lowest BCUT2D eigenvalue weighted by Gasteiger charge is -2.23. The van der Waals surface area contributed by atoms with Crippen LogP contribution in [0.1, 0.15) is 26.3 Å². The lowest BCUT2D eigenvalue weighted by molar-refractivity contribution is 0.294. The number of hydrogen-bond donors (Lipinski definition) is 2. The molecule has 1 aromatic rings. The van der Waals surface area contributed by atoms with E-state index in [0.29, 0.717) is 11.0 Å². The second-order valence-corrected chi connectivity index (χ2v) is 4.77. The predicted octanol–water partition coefficient (Wildman–Crippen LogP) is 1.86. The first-order valence-electron chi connectivity index (χ1n) is 6.31. The molecule has 1 atom stereocenters. The summed E-state index contributed by atoms with van der Waals surface area (Å²) in [7, 11) is 0. The molecule has 5 heteroatoms. The van der Waals surface area contributed by atoms with E-state index in [1.807, 2.05) is 12.1 Å². The summed E-state index contributed by atoms with van der Waals surface area (Å²) in [5.74, 6) is 0.856. The van der Waals surface area contributed by atoms with E-state index in [1.165, 1.54) is 0 Å². The topological polar surface area (TPSA) is 54.2 Å². The highest BCUT2D eigenvalue weighted by molar-refractivity contribution is 7.80. The van der Waals surface area contributed by atoms with Crippen molar-refractivity contribution in [1.82, 2.24) is 9.88 Å². The van der Waals surface area contributed by atoms with Gasteiger partial charge in [-0.15, -0.1) is 0 Å². The second kappa shape index (κ2) is 7.28. The number of aromatic nitrogens is 1. The average molecular weight is 266 g/mol. The SMILES string of the molecule is CCN(CC)CC(C)Nc1ccc(C(N)=S)cn1. The van der Waals surface area contributed by atoms with Gasteiger partial charge in [0, 0.05) is 24.3 Å². The Kier molecular flexibility index (Phi) is 6.01. The van der Waals surface area contributed by atoms with Crippen LogP contribution < -0.4 is 11.1 Å². The predicted molar refractivity (Wildman–Crippen MR) is 81.0 cm³/mol. The number of nitrogens with two attached hydrogens (primary N) is 1. The third-order valence-corrected chi connectivity index (χ3v) is 3.10. The highest BCUT2D eigenvalue weighted by atomic mass is 32.1. The Labute approximate surface area is 115 Å². The standard InChI is InChI=1S/C13H22N4S/c1-4-17(5-2)9-10(3)16-12-7-6-11(8-15-12)13(14)18/h6-8,10H,4-5,9H2,1-3H3,(H2,14,18)(H,15,16). The molecule has 18 heavy (non-hydrogen) atoms. The summed E-state index contributed by atoms with van der Waals surface area (Å²) in [6.07, 6.45) is 1.70. The van der Waals surface area contributed by atoms with E-state index in [1.54, 1.807) is 6.20 Å². The van der Waals surface area contributed by atoms with Gasteiger partial charge in [0.1, 0.15) is 10.8 Å². The van der Waals surface area contributed by atoms with Gasteiger partial charge in [0.05, 0.1) is 0 Å². The molecule has 0 spiro atoms. The highest BCUT2D eigenvalue weighted by Crippen LogP contribution is 2.07. The monoisotopic (exact) mass is 266 g/mol. The summed E-state index contributed by atoms with van der Waals surface area (Å²) in [5.41, 5.74) is 6.33. The van der Waals surface area contributed by atoms with Crippen LogP contribution in [0.4, 0.5) is 5.82 Å². The fourth-order valence-corrected chi connectivity index (χ4v) is 1.91. The zero-order valence-corrected chi connectivity index (χ0v) is 12.1. The van der Waals surface area contributed by atoms with Gasteiger partial charge in [-0.3, -0.25) is 0 Å². The molecule has 0 saturated heterocycles. The molecule has 3 N–H and O–H groups in total. The zero-order valence-electron chi connectivity index (χ0n) is 11.3. The van der Waals surface area contributed by atoms with Gasteiger partial charge in [-0.1, -0.05) is 26.1 Å². The summed E-state index contributed by atoms with van der Waals surface area (Å²) < 4.78 is 0.